The van der Waals surface area contributed by atoms with Crippen molar-refractivity contribution >= 4 is 34.5 Å². The van der Waals surface area contributed by atoms with Gasteiger partial charge in [-0.15, -0.1) is 22.7 Å². The lowest BCUT2D eigenvalue weighted by atomic mass is 9.97. The molecule has 3 aromatic rings. The third kappa shape index (κ3) is 4.31. The second-order valence-electron chi connectivity index (χ2n) is 6.78. The standard InChI is InChI=1S/C21H21N3O2S2/c25-20(16-8-4-10-24(13-16)21(26)18-9-5-11-27-18)22-12-19-23-17(14-28-19)15-6-2-1-3-7-15/h1-3,5-7,9,11,14,16H,4,8,10,12-13H2,(H,22,25)/t16-/m0/s1. The Morgan fingerprint density at radius 2 is 2.00 bits per heavy atom. The molecule has 0 spiro atoms. The van der Waals surface area contributed by atoms with Gasteiger partial charge >= 0.3 is 0 Å². The Kier molecular flexibility index (Phi) is 5.83. The summed E-state index contributed by atoms with van der Waals surface area (Å²) in [5.41, 5.74) is 2.01. The van der Waals surface area contributed by atoms with Crippen molar-refractivity contribution in [3.05, 3.63) is 63.1 Å². The van der Waals surface area contributed by atoms with Crippen LogP contribution in [0.4, 0.5) is 0 Å². The van der Waals surface area contributed by atoms with Crippen LogP contribution in [0.3, 0.4) is 0 Å². The van der Waals surface area contributed by atoms with Gasteiger partial charge in [0.25, 0.3) is 5.91 Å². The fourth-order valence-corrected chi connectivity index (χ4v) is 4.81. The van der Waals surface area contributed by atoms with E-state index in [4.69, 9.17) is 0 Å². The van der Waals surface area contributed by atoms with Gasteiger partial charge in [0.15, 0.2) is 0 Å². The fourth-order valence-electron chi connectivity index (χ4n) is 3.37. The molecule has 0 saturated carbocycles. The van der Waals surface area contributed by atoms with Gasteiger partial charge in [0.05, 0.1) is 23.0 Å². The Labute approximate surface area is 172 Å². The number of benzene rings is 1. The van der Waals surface area contributed by atoms with E-state index in [-0.39, 0.29) is 17.7 Å². The molecule has 1 aromatic carbocycles. The van der Waals surface area contributed by atoms with Gasteiger partial charge in [-0.2, -0.15) is 0 Å². The van der Waals surface area contributed by atoms with Crippen LogP contribution in [0, 0.1) is 5.92 Å². The van der Waals surface area contributed by atoms with Crippen LogP contribution in [0.1, 0.15) is 27.5 Å². The molecule has 0 bridgehead atoms. The summed E-state index contributed by atoms with van der Waals surface area (Å²) in [7, 11) is 0. The Morgan fingerprint density at radius 1 is 1.14 bits per heavy atom. The monoisotopic (exact) mass is 411 g/mol. The van der Waals surface area contributed by atoms with Gasteiger partial charge in [0.1, 0.15) is 5.01 Å². The molecule has 0 radical (unpaired) electrons. The molecule has 3 heterocycles. The zero-order valence-electron chi connectivity index (χ0n) is 15.3. The molecule has 2 aromatic heterocycles. The average molecular weight is 412 g/mol. The highest BCUT2D eigenvalue weighted by atomic mass is 32.1. The molecule has 1 aliphatic rings. The van der Waals surface area contributed by atoms with Crippen molar-refractivity contribution < 1.29 is 9.59 Å². The minimum absolute atomic E-state index is 0.000130. The van der Waals surface area contributed by atoms with Crippen LogP contribution in [0.5, 0.6) is 0 Å². The van der Waals surface area contributed by atoms with E-state index in [0.29, 0.717) is 19.6 Å². The first kappa shape index (κ1) is 18.8. The zero-order chi connectivity index (χ0) is 19.3. The number of hydrogen-bond donors (Lipinski definition) is 1. The number of carbonyl (C=O) groups is 2. The highest BCUT2D eigenvalue weighted by Crippen LogP contribution is 2.23. The van der Waals surface area contributed by atoms with Crippen molar-refractivity contribution in [3.63, 3.8) is 0 Å². The number of carbonyl (C=O) groups excluding carboxylic acids is 2. The first-order valence-electron chi connectivity index (χ1n) is 9.31. The summed E-state index contributed by atoms with van der Waals surface area (Å²) in [4.78, 5) is 32.3. The number of likely N-dealkylation sites (tertiary alicyclic amines) is 1. The van der Waals surface area contributed by atoms with E-state index in [1.807, 2.05) is 53.2 Å². The minimum atomic E-state index is -0.161. The summed E-state index contributed by atoms with van der Waals surface area (Å²) in [5, 5.41) is 7.80. The van der Waals surface area contributed by atoms with E-state index in [9.17, 15) is 9.59 Å². The molecular formula is C21H21N3O2S2. The van der Waals surface area contributed by atoms with Gasteiger partial charge in [-0.1, -0.05) is 36.4 Å². The lowest BCUT2D eigenvalue weighted by Crippen LogP contribution is -2.45. The molecule has 4 rings (SSSR count). The number of thiophene rings is 1. The zero-order valence-corrected chi connectivity index (χ0v) is 17.0. The number of piperidine rings is 1. The predicted molar refractivity (Wildman–Crippen MR) is 112 cm³/mol. The van der Waals surface area contributed by atoms with Gasteiger partial charge in [-0.3, -0.25) is 9.59 Å². The molecule has 28 heavy (non-hydrogen) atoms. The summed E-state index contributed by atoms with van der Waals surface area (Å²) in [6.07, 6.45) is 1.66. The number of nitrogens with one attached hydrogen (secondary N) is 1. The van der Waals surface area contributed by atoms with Gasteiger partial charge in [-0.25, -0.2) is 4.98 Å². The number of thiazole rings is 1. The largest absolute Gasteiger partial charge is 0.349 e. The van der Waals surface area contributed by atoms with E-state index < -0.39 is 0 Å². The number of nitrogens with zero attached hydrogens (tertiary/aromatic N) is 2. The summed E-state index contributed by atoms with van der Waals surface area (Å²) in [6, 6.07) is 13.7. The van der Waals surface area contributed by atoms with Crippen LogP contribution < -0.4 is 5.32 Å². The molecule has 1 atom stereocenters. The van der Waals surface area contributed by atoms with Crippen LogP contribution in [0.15, 0.2) is 53.2 Å². The molecule has 1 N–H and O–H groups in total. The SMILES string of the molecule is O=C(NCc1nc(-c2ccccc2)cs1)[C@H]1CCCN(C(=O)c2cccs2)C1. The van der Waals surface area contributed by atoms with E-state index in [0.717, 1.165) is 34.0 Å². The Bertz CT molecular complexity index is 938. The van der Waals surface area contributed by atoms with Crippen molar-refractivity contribution in [1.82, 2.24) is 15.2 Å². The van der Waals surface area contributed by atoms with Crippen LogP contribution in [-0.4, -0.2) is 34.8 Å². The maximum Gasteiger partial charge on any atom is 0.263 e. The topological polar surface area (TPSA) is 62.3 Å². The smallest absolute Gasteiger partial charge is 0.263 e. The van der Waals surface area contributed by atoms with Crippen LogP contribution in [0.2, 0.25) is 0 Å². The Hall–Kier alpha value is -2.51. The maximum atomic E-state index is 12.6. The first-order chi connectivity index (χ1) is 13.7. The van der Waals surface area contributed by atoms with E-state index >= 15 is 0 Å². The summed E-state index contributed by atoms with van der Waals surface area (Å²) in [6.45, 7) is 1.62. The minimum Gasteiger partial charge on any atom is -0.349 e. The third-order valence-corrected chi connectivity index (χ3v) is 6.55. The second kappa shape index (κ2) is 8.67. The van der Waals surface area contributed by atoms with Gasteiger partial charge in [0, 0.05) is 24.0 Å². The normalized spacial score (nSPS) is 16.7. The summed E-state index contributed by atoms with van der Waals surface area (Å²) in [5.74, 6) is -0.133. The summed E-state index contributed by atoms with van der Waals surface area (Å²) >= 11 is 2.99. The average Bonchev–Trinajstić information content (AvgIpc) is 3.44. The highest BCUT2D eigenvalue weighted by Gasteiger charge is 2.29. The molecule has 0 unspecified atom stereocenters. The third-order valence-electron chi connectivity index (χ3n) is 4.85. The Morgan fingerprint density at radius 3 is 2.79 bits per heavy atom. The van der Waals surface area contributed by atoms with Crippen LogP contribution >= 0.6 is 22.7 Å². The van der Waals surface area contributed by atoms with Crippen molar-refractivity contribution in [3.8, 4) is 11.3 Å². The molecule has 5 nitrogen and oxygen atoms in total. The molecule has 1 fully saturated rings. The van der Waals surface area contributed by atoms with Gasteiger partial charge in [0.2, 0.25) is 5.91 Å². The van der Waals surface area contributed by atoms with Crippen molar-refractivity contribution in [2.75, 3.05) is 13.1 Å². The van der Waals surface area contributed by atoms with Crippen LogP contribution in [-0.2, 0) is 11.3 Å². The van der Waals surface area contributed by atoms with Gasteiger partial charge < -0.3 is 10.2 Å². The number of rotatable bonds is 5. The number of amides is 2. The van der Waals surface area contributed by atoms with E-state index in [1.54, 1.807) is 16.2 Å². The quantitative estimate of drug-likeness (QED) is 0.689. The van der Waals surface area contributed by atoms with Crippen molar-refractivity contribution in [2.45, 2.75) is 19.4 Å². The predicted octanol–water partition coefficient (Wildman–Crippen LogP) is 4.04. The molecule has 1 aliphatic heterocycles. The lowest BCUT2D eigenvalue weighted by molar-refractivity contribution is -0.126. The first-order valence-corrected chi connectivity index (χ1v) is 11.1. The number of hydrogen-bond acceptors (Lipinski definition) is 5. The van der Waals surface area contributed by atoms with E-state index in [1.165, 1.54) is 11.3 Å². The van der Waals surface area contributed by atoms with Crippen LogP contribution in [0.25, 0.3) is 11.3 Å². The number of aromatic nitrogens is 1. The maximum absolute atomic E-state index is 12.6. The molecule has 2 amide bonds. The molecule has 1 saturated heterocycles. The molecule has 144 valence electrons. The Balaban J connectivity index is 1.32. The lowest BCUT2D eigenvalue weighted by Gasteiger charge is -2.31. The molecule has 7 heteroatoms. The second-order valence-corrected chi connectivity index (χ2v) is 8.67. The van der Waals surface area contributed by atoms with E-state index in [2.05, 4.69) is 10.3 Å². The summed E-state index contributed by atoms with van der Waals surface area (Å²) < 4.78 is 0. The molecule has 0 aliphatic carbocycles. The fraction of sp³-hybridized carbons (Fsp3) is 0.286. The highest BCUT2D eigenvalue weighted by molar-refractivity contribution is 7.12. The van der Waals surface area contributed by atoms with Gasteiger partial charge in [-0.05, 0) is 24.3 Å². The van der Waals surface area contributed by atoms with Crippen molar-refractivity contribution in [1.29, 1.82) is 0 Å². The molecular weight excluding hydrogens is 390 g/mol. The van der Waals surface area contributed by atoms with Crippen molar-refractivity contribution in [2.24, 2.45) is 5.92 Å².